The lowest BCUT2D eigenvalue weighted by atomic mass is 9.80. The van der Waals surface area contributed by atoms with E-state index in [4.69, 9.17) is 15.2 Å². The quantitative estimate of drug-likeness (QED) is 0.368. The van der Waals surface area contributed by atoms with Gasteiger partial charge < -0.3 is 15.2 Å². The van der Waals surface area contributed by atoms with E-state index >= 15 is 0 Å². The first-order chi connectivity index (χ1) is 6.24. The summed E-state index contributed by atoms with van der Waals surface area (Å²) in [6, 6.07) is 6.48. The largest absolute Gasteiger partial charge is 0.488 e. The van der Waals surface area contributed by atoms with Crippen molar-refractivity contribution in [3.63, 3.8) is 0 Å². The van der Waals surface area contributed by atoms with Crippen LogP contribution in [-0.4, -0.2) is 28.9 Å². The summed E-state index contributed by atoms with van der Waals surface area (Å²) in [6.07, 6.45) is 0. The Morgan fingerprint density at radius 1 is 1.15 bits per heavy atom. The van der Waals surface area contributed by atoms with Gasteiger partial charge in [-0.15, -0.1) is 0 Å². The fourth-order valence-corrected chi connectivity index (χ4v) is 0.880. The van der Waals surface area contributed by atoms with E-state index in [-0.39, 0.29) is 6.61 Å². The molecule has 4 heteroatoms. The van der Waals surface area contributed by atoms with Gasteiger partial charge in [0, 0.05) is 5.56 Å². The monoisotopic (exact) mass is 176 g/mol. The van der Waals surface area contributed by atoms with Crippen molar-refractivity contribution >= 4 is 12.6 Å². The van der Waals surface area contributed by atoms with Gasteiger partial charge in [0.15, 0.2) is 0 Å². The molecule has 3 nitrogen and oxygen atoms in total. The first-order valence-electron chi connectivity index (χ1n) is 3.80. The zero-order valence-corrected chi connectivity index (χ0v) is 6.94. The van der Waals surface area contributed by atoms with Crippen molar-refractivity contribution in [3.05, 3.63) is 29.8 Å². The van der Waals surface area contributed by atoms with E-state index in [0.29, 0.717) is 5.46 Å². The zero-order chi connectivity index (χ0) is 9.68. The van der Waals surface area contributed by atoms with Crippen LogP contribution in [0.4, 0.5) is 0 Å². The Balaban J connectivity index is 2.81. The molecular weight excluding hydrogens is 167 g/mol. The van der Waals surface area contributed by atoms with E-state index in [9.17, 15) is 0 Å². The molecule has 0 saturated carbocycles. The second-order valence-corrected chi connectivity index (χ2v) is 2.46. The molecule has 0 aliphatic carbocycles. The topological polar surface area (TPSA) is 60.7 Å². The molecule has 1 aromatic carbocycles. The minimum Gasteiger partial charge on any atom is -0.423 e. The SMILES string of the molecule is OCC#Cc1ccc(B(O)O)cc1. The third-order valence-corrected chi connectivity index (χ3v) is 1.52. The second kappa shape index (κ2) is 4.68. The maximum absolute atomic E-state index is 8.77. The number of benzene rings is 1. The molecule has 0 atom stereocenters. The molecule has 0 fully saturated rings. The molecule has 0 saturated heterocycles. The van der Waals surface area contributed by atoms with Crippen molar-refractivity contribution in [1.29, 1.82) is 0 Å². The summed E-state index contributed by atoms with van der Waals surface area (Å²) in [7, 11) is -1.44. The molecule has 0 heterocycles. The fraction of sp³-hybridized carbons (Fsp3) is 0.111. The van der Waals surface area contributed by atoms with Crippen molar-refractivity contribution in [3.8, 4) is 11.8 Å². The number of hydrogen-bond donors (Lipinski definition) is 3. The smallest absolute Gasteiger partial charge is 0.423 e. The van der Waals surface area contributed by atoms with E-state index < -0.39 is 7.12 Å². The van der Waals surface area contributed by atoms with Gasteiger partial charge in [0.05, 0.1) is 0 Å². The minimum atomic E-state index is -1.44. The Bertz CT molecular complexity index is 321. The second-order valence-electron chi connectivity index (χ2n) is 2.46. The average Bonchev–Trinajstić information content (AvgIpc) is 2.15. The van der Waals surface area contributed by atoms with Crippen LogP contribution < -0.4 is 5.46 Å². The van der Waals surface area contributed by atoms with Crippen molar-refractivity contribution in [2.24, 2.45) is 0 Å². The molecule has 0 radical (unpaired) electrons. The van der Waals surface area contributed by atoms with E-state index in [0.717, 1.165) is 5.56 Å². The lowest BCUT2D eigenvalue weighted by Gasteiger charge is -1.97. The van der Waals surface area contributed by atoms with Gasteiger partial charge in [0.25, 0.3) is 0 Å². The average molecular weight is 176 g/mol. The van der Waals surface area contributed by atoms with E-state index in [1.165, 1.54) is 0 Å². The molecule has 13 heavy (non-hydrogen) atoms. The third-order valence-electron chi connectivity index (χ3n) is 1.52. The molecule has 0 aliphatic rings. The lowest BCUT2D eigenvalue weighted by Crippen LogP contribution is -2.29. The molecule has 1 rings (SSSR count). The third kappa shape index (κ3) is 2.92. The molecule has 0 amide bonds. The molecular formula is C9H9BO3. The van der Waals surface area contributed by atoms with Crippen LogP contribution >= 0.6 is 0 Å². The maximum atomic E-state index is 8.77. The highest BCUT2D eigenvalue weighted by Crippen LogP contribution is 1.94. The number of aliphatic hydroxyl groups is 1. The van der Waals surface area contributed by atoms with E-state index in [1.807, 2.05) is 0 Å². The highest BCUT2D eigenvalue weighted by Gasteiger charge is 2.08. The Morgan fingerprint density at radius 2 is 1.77 bits per heavy atom. The Labute approximate surface area is 76.8 Å². The highest BCUT2D eigenvalue weighted by molar-refractivity contribution is 6.58. The standard InChI is InChI=1S/C9H9BO3/c11-7-1-2-8-3-5-9(6-4-8)10(12)13/h3-6,11-13H,7H2. The zero-order valence-electron chi connectivity index (χ0n) is 6.94. The van der Waals surface area contributed by atoms with Crippen molar-refractivity contribution in [1.82, 2.24) is 0 Å². The Morgan fingerprint density at radius 3 is 2.23 bits per heavy atom. The van der Waals surface area contributed by atoms with Crippen LogP contribution in [0.3, 0.4) is 0 Å². The van der Waals surface area contributed by atoms with Crippen LogP contribution in [-0.2, 0) is 0 Å². The van der Waals surface area contributed by atoms with Crippen LogP contribution in [0.25, 0.3) is 0 Å². The molecule has 0 spiro atoms. The first-order valence-corrected chi connectivity index (χ1v) is 3.80. The minimum absolute atomic E-state index is 0.176. The van der Waals surface area contributed by atoms with E-state index in [1.54, 1.807) is 24.3 Å². The summed E-state index contributed by atoms with van der Waals surface area (Å²) in [6.45, 7) is -0.176. The normalized spacial score (nSPS) is 8.85. The molecule has 0 aromatic heterocycles. The summed E-state index contributed by atoms with van der Waals surface area (Å²) >= 11 is 0. The lowest BCUT2D eigenvalue weighted by molar-refractivity contribution is 0.350. The highest BCUT2D eigenvalue weighted by atomic mass is 16.4. The Hall–Kier alpha value is -1.28. The summed E-state index contributed by atoms with van der Waals surface area (Å²) in [5.41, 5.74) is 1.16. The molecule has 0 aliphatic heterocycles. The summed E-state index contributed by atoms with van der Waals surface area (Å²) in [5, 5.41) is 26.0. The molecule has 66 valence electrons. The maximum Gasteiger partial charge on any atom is 0.488 e. The van der Waals surface area contributed by atoms with Crippen LogP contribution in [0.15, 0.2) is 24.3 Å². The van der Waals surface area contributed by atoms with Gasteiger partial charge in [-0.25, -0.2) is 0 Å². The molecule has 1 aromatic rings. The summed E-state index contributed by atoms with van der Waals surface area (Å²) in [5.74, 6) is 5.19. The summed E-state index contributed by atoms with van der Waals surface area (Å²) < 4.78 is 0. The first kappa shape index (κ1) is 9.81. The van der Waals surface area contributed by atoms with Crippen LogP contribution in [0.2, 0.25) is 0 Å². The number of aliphatic hydroxyl groups excluding tert-OH is 1. The molecule has 0 unspecified atom stereocenters. The van der Waals surface area contributed by atoms with E-state index in [2.05, 4.69) is 11.8 Å². The van der Waals surface area contributed by atoms with Crippen LogP contribution in [0.5, 0.6) is 0 Å². The van der Waals surface area contributed by atoms with Crippen LogP contribution in [0, 0.1) is 11.8 Å². The van der Waals surface area contributed by atoms with Gasteiger partial charge >= 0.3 is 7.12 Å². The van der Waals surface area contributed by atoms with Gasteiger partial charge in [-0.3, -0.25) is 0 Å². The molecule has 3 N–H and O–H groups in total. The van der Waals surface area contributed by atoms with Gasteiger partial charge in [0.1, 0.15) is 6.61 Å². The van der Waals surface area contributed by atoms with Gasteiger partial charge in [-0.1, -0.05) is 24.0 Å². The number of hydrogen-bond acceptors (Lipinski definition) is 3. The van der Waals surface area contributed by atoms with Gasteiger partial charge in [-0.05, 0) is 17.6 Å². The Kier molecular flexibility index (Phi) is 3.53. The van der Waals surface area contributed by atoms with Gasteiger partial charge in [-0.2, -0.15) is 0 Å². The fourth-order valence-electron chi connectivity index (χ4n) is 0.880. The predicted octanol–water partition coefficient (Wildman–Crippen LogP) is -1.29. The van der Waals surface area contributed by atoms with Gasteiger partial charge in [0.2, 0.25) is 0 Å². The predicted molar refractivity (Wildman–Crippen MR) is 50.2 cm³/mol. The summed E-state index contributed by atoms with van der Waals surface area (Å²) in [4.78, 5) is 0. The van der Waals surface area contributed by atoms with Crippen molar-refractivity contribution in [2.45, 2.75) is 0 Å². The number of rotatable bonds is 1. The van der Waals surface area contributed by atoms with Crippen LogP contribution in [0.1, 0.15) is 5.56 Å². The van der Waals surface area contributed by atoms with Crippen molar-refractivity contribution in [2.75, 3.05) is 6.61 Å². The molecule has 0 bridgehead atoms. The van der Waals surface area contributed by atoms with Crippen molar-refractivity contribution < 1.29 is 15.2 Å².